The summed E-state index contributed by atoms with van der Waals surface area (Å²) in [5.74, 6) is -0.231. The maximum Gasteiger partial charge on any atom is 0.269 e. The normalized spacial score (nSPS) is 10.4. The fourth-order valence-corrected chi connectivity index (χ4v) is 2.94. The van der Waals surface area contributed by atoms with Crippen LogP contribution in [-0.4, -0.2) is 16.9 Å². The third-order valence-electron chi connectivity index (χ3n) is 4.21. The summed E-state index contributed by atoms with van der Waals surface area (Å²) in [5, 5.41) is 2.92. The summed E-state index contributed by atoms with van der Waals surface area (Å²) < 4.78 is 5.70. The predicted molar refractivity (Wildman–Crippen MR) is 129 cm³/mol. The molecule has 0 bridgehead atoms. The maximum atomic E-state index is 12.3. The van der Waals surface area contributed by atoms with E-state index < -0.39 is 11.8 Å². The van der Waals surface area contributed by atoms with Gasteiger partial charge in [-0.2, -0.15) is 0 Å². The molecular formula is C24H20ClN3O3S. The van der Waals surface area contributed by atoms with Crippen molar-refractivity contribution >= 4 is 46.8 Å². The molecule has 0 aromatic heterocycles. The summed E-state index contributed by atoms with van der Waals surface area (Å²) in [5.41, 5.74) is 7.08. The number of halogens is 1. The van der Waals surface area contributed by atoms with Crippen molar-refractivity contribution in [2.24, 2.45) is 0 Å². The Morgan fingerprint density at radius 2 is 1.59 bits per heavy atom. The highest BCUT2D eigenvalue weighted by atomic mass is 35.5. The summed E-state index contributed by atoms with van der Waals surface area (Å²) in [6.07, 6.45) is 2.87. The Labute approximate surface area is 196 Å². The molecule has 0 saturated carbocycles. The van der Waals surface area contributed by atoms with Crippen LogP contribution in [0.3, 0.4) is 0 Å². The highest BCUT2D eigenvalue weighted by Gasteiger charge is 2.07. The molecule has 0 saturated heterocycles. The number of hydrazine groups is 1. The number of benzene rings is 3. The lowest BCUT2D eigenvalue weighted by Gasteiger charge is -2.10. The van der Waals surface area contributed by atoms with E-state index in [2.05, 4.69) is 16.2 Å². The van der Waals surface area contributed by atoms with Crippen LogP contribution in [0.15, 0.2) is 84.9 Å². The summed E-state index contributed by atoms with van der Waals surface area (Å²) >= 11 is 11.1. The molecule has 162 valence electrons. The Morgan fingerprint density at radius 3 is 2.31 bits per heavy atom. The molecule has 3 aromatic carbocycles. The van der Waals surface area contributed by atoms with E-state index in [1.165, 1.54) is 6.08 Å². The number of hydrogen-bond acceptors (Lipinski definition) is 4. The molecule has 0 heterocycles. The Kier molecular flexibility index (Phi) is 8.36. The molecule has 3 aromatic rings. The van der Waals surface area contributed by atoms with Crippen molar-refractivity contribution in [3.8, 4) is 5.75 Å². The van der Waals surface area contributed by atoms with Crippen molar-refractivity contribution in [1.29, 1.82) is 0 Å². The van der Waals surface area contributed by atoms with Crippen LogP contribution < -0.4 is 20.9 Å². The van der Waals surface area contributed by atoms with E-state index in [1.807, 2.05) is 36.4 Å². The number of carbonyl (C=O) groups is 2. The third-order valence-corrected chi connectivity index (χ3v) is 4.76. The van der Waals surface area contributed by atoms with Gasteiger partial charge in [0.1, 0.15) is 12.4 Å². The first-order valence-corrected chi connectivity index (χ1v) is 10.4. The topological polar surface area (TPSA) is 79.5 Å². The molecule has 0 atom stereocenters. The Bertz CT molecular complexity index is 1120. The van der Waals surface area contributed by atoms with Gasteiger partial charge in [0.15, 0.2) is 5.11 Å². The fourth-order valence-electron chi connectivity index (χ4n) is 2.59. The molecule has 2 amide bonds. The molecule has 0 aliphatic rings. The highest BCUT2D eigenvalue weighted by molar-refractivity contribution is 7.80. The van der Waals surface area contributed by atoms with Gasteiger partial charge in [-0.05, 0) is 59.8 Å². The van der Waals surface area contributed by atoms with Crippen molar-refractivity contribution in [3.05, 3.63) is 107 Å². The number of thiocarbonyl (C=S) groups is 1. The zero-order chi connectivity index (χ0) is 22.8. The van der Waals surface area contributed by atoms with Gasteiger partial charge in [0.2, 0.25) is 5.91 Å². The van der Waals surface area contributed by atoms with Gasteiger partial charge >= 0.3 is 0 Å². The largest absolute Gasteiger partial charge is 0.489 e. The van der Waals surface area contributed by atoms with Crippen LogP contribution in [0.5, 0.6) is 5.75 Å². The lowest BCUT2D eigenvalue weighted by molar-refractivity contribution is -0.115. The predicted octanol–water partition coefficient (Wildman–Crippen LogP) is 4.27. The molecule has 0 unspecified atom stereocenters. The van der Waals surface area contributed by atoms with Crippen LogP contribution in [0.2, 0.25) is 5.02 Å². The second-order valence-electron chi connectivity index (χ2n) is 6.55. The van der Waals surface area contributed by atoms with Gasteiger partial charge in [0, 0.05) is 16.7 Å². The van der Waals surface area contributed by atoms with Gasteiger partial charge in [0.25, 0.3) is 5.91 Å². The van der Waals surface area contributed by atoms with Gasteiger partial charge in [-0.1, -0.05) is 60.1 Å². The number of rotatable bonds is 6. The average molecular weight is 466 g/mol. The lowest BCUT2D eigenvalue weighted by atomic mass is 10.2. The Hall–Kier alpha value is -3.68. The molecule has 3 rings (SSSR count). The average Bonchev–Trinajstić information content (AvgIpc) is 2.81. The Morgan fingerprint density at radius 1 is 0.906 bits per heavy atom. The van der Waals surface area contributed by atoms with E-state index in [-0.39, 0.29) is 5.11 Å². The molecule has 8 heteroatoms. The molecular weight excluding hydrogens is 446 g/mol. The number of ether oxygens (including phenoxy) is 1. The summed E-state index contributed by atoms with van der Waals surface area (Å²) in [6, 6.07) is 23.6. The molecule has 0 fully saturated rings. The summed E-state index contributed by atoms with van der Waals surface area (Å²) in [4.78, 5) is 24.2. The zero-order valence-electron chi connectivity index (χ0n) is 16.9. The maximum absolute atomic E-state index is 12.3. The summed E-state index contributed by atoms with van der Waals surface area (Å²) in [7, 11) is 0. The van der Waals surface area contributed by atoms with E-state index in [4.69, 9.17) is 28.6 Å². The number of hydrogen-bond donors (Lipinski definition) is 3. The lowest BCUT2D eigenvalue weighted by Crippen LogP contribution is -2.48. The first kappa shape index (κ1) is 23.0. The van der Waals surface area contributed by atoms with E-state index >= 15 is 0 Å². The van der Waals surface area contributed by atoms with E-state index in [0.717, 1.165) is 5.56 Å². The van der Waals surface area contributed by atoms with Crippen molar-refractivity contribution in [2.45, 2.75) is 6.61 Å². The van der Waals surface area contributed by atoms with Crippen LogP contribution in [0, 0.1) is 0 Å². The zero-order valence-corrected chi connectivity index (χ0v) is 18.5. The standard InChI is InChI=1S/C24H20ClN3O3S/c25-21-9-5-4-8-18(21)12-15-22(29)26-24(32)28-27-23(30)19-10-13-20(14-11-19)31-16-17-6-2-1-3-7-17/h1-15H,16H2,(H,27,30)(H2,26,28,29,32). The van der Waals surface area contributed by atoms with Crippen molar-refractivity contribution in [2.75, 3.05) is 0 Å². The Balaban J connectivity index is 1.43. The first-order chi connectivity index (χ1) is 15.5. The monoisotopic (exact) mass is 465 g/mol. The van der Waals surface area contributed by atoms with Gasteiger partial charge in [-0.3, -0.25) is 25.8 Å². The minimum Gasteiger partial charge on any atom is -0.489 e. The molecule has 3 N–H and O–H groups in total. The van der Waals surface area contributed by atoms with Crippen LogP contribution >= 0.6 is 23.8 Å². The van der Waals surface area contributed by atoms with Crippen LogP contribution in [-0.2, 0) is 11.4 Å². The van der Waals surface area contributed by atoms with Gasteiger partial charge in [0.05, 0.1) is 0 Å². The van der Waals surface area contributed by atoms with Crippen molar-refractivity contribution < 1.29 is 14.3 Å². The number of amides is 2. The number of carbonyl (C=O) groups excluding carboxylic acids is 2. The van der Waals surface area contributed by atoms with E-state index in [9.17, 15) is 9.59 Å². The minimum absolute atomic E-state index is 0.0463. The van der Waals surface area contributed by atoms with Crippen molar-refractivity contribution in [3.63, 3.8) is 0 Å². The summed E-state index contributed by atoms with van der Waals surface area (Å²) in [6.45, 7) is 0.437. The second-order valence-corrected chi connectivity index (χ2v) is 7.37. The molecule has 32 heavy (non-hydrogen) atoms. The van der Waals surface area contributed by atoms with Gasteiger partial charge in [-0.25, -0.2) is 0 Å². The second kappa shape index (κ2) is 11.6. The molecule has 0 spiro atoms. The van der Waals surface area contributed by atoms with Gasteiger partial charge in [-0.15, -0.1) is 0 Å². The van der Waals surface area contributed by atoms with Gasteiger partial charge < -0.3 is 4.74 Å². The van der Waals surface area contributed by atoms with Crippen LogP contribution in [0.25, 0.3) is 6.08 Å². The first-order valence-electron chi connectivity index (χ1n) is 9.62. The number of nitrogens with one attached hydrogen (secondary N) is 3. The minimum atomic E-state index is -0.461. The molecule has 0 aliphatic heterocycles. The fraction of sp³-hybridized carbons (Fsp3) is 0.0417. The van der Waals surface area contributed by atoms with E-state index in [0.29, 0.717) is 28.5 Å². The quantitative estimate of drug-likeness (QED) is 0.288. The SMILES string of the molecule is O=C(C=Cc1ccccc1Cl)NC(=S)NNC(=O)c1ccc(OCc2ccccc2)cc1. The highest BCUT2D eigenvalue weighted by Crippen LogP contribution is 2.16. The van der Waals surface area contributed by atoms with Crippen LogP contribution in [0.1, 0.15) is 21.5 Å². The molecule has 0 aliphatic carbocycles. The van der Waals surface area contributed by atoms with Crippen molar-refractivity contribution in [1.82, 2.24) is 16.2 Å². The molecule has 6 nitrogen and oxygen atoms in total. The van der Waals surface area contributed by atoms with Crippen LogP contribution in [0.4, 0.5) is 0 Å². The third kappa shape index (κ3) is 7.23. The van der Waals surface area contributed by atoms with E-state index in [1.54, 1.807) is 48.5 Å². The smallest absolute Gasteiger partial charge is 0.269 e. The molecule has 0 radical (unpaired) electrons.